The molecule has 0 aromatic rings. The first-order valence-corrected chi connectivity index (χ1v) is 4.46. The zero-order valence-electron chi connectivity index (χ0n) is 7.98. The van der Waals surface area contributed by atoms with Crippen LogP contribution >= 0.6 is 0 Å². The molecule has 0 aromatic carbocycles. The van der Waals surface area contributed by atoms with Crippen molar-refractivity contribution in [3.8, 4) is 0 Å². The van der Waals surface area contributed by atoms with E-state index in [2.05, 4.69) is 16.0 Å². The summed E-state index contributed by atoms with van der Waals surface area (Å²) in [5.41, 5.74) is -1.24. The number of carbonyl (C=O) groups excluding carboxylic acids is 1. The summed E-state index contributed by atoms with van der Waals surface area (Å²) < 4.78 is 13.3. The van der Waals surface area contributed by atoms with Gasteiger partial charge in [0.1, 0.15) is 0 Å². The number of amides is 2. The van der Waals surface area contributed by atoms with Crippen LogP contribution < -0.4 is 16.0 Å². The van der Waals surface area contributed by atoms with Crippen LogP contribution in [0.1, 0.15) is 13.8 Å². The molecule has 1 heterocycles. The number of nitrogens with one attached hydrogen (secondary N) is 3. The maximum absolute atomic E-state index is 13.3. The second-order valence-electron chi connectivity index (χ2n) is 3.74. The summed E-state index contributed by atoms with van der Waals surface area (Å²) in [7, 11) is 0. The molecule has 1 rings (SSSR count). The van der Waals surface area contributed by atoms with Crippen LogP contribution in [0.15, 0.2) is 0 Å². The molecule has 1 saturated heterocycles. The van der Waals surface area contributed by atoms with Gasteiger partial charge in [-0.1, -0.05) is 0 Å². The Morgan fingerprint density at radius 1 is 1.62 bits per heavy atom. The summed E-state index contributed by atoms with van der Waals surface area (Å²) in [5, 5.41) is 7.94. The van der Waals surface area contributed by atoms with Gasteiger partial charge in [-0.05, 0) is 13.8 Å². The van der Waals surface area contributed by atoms with Crippen LogP contribution in [0.4, 0.5) is 9.18 Å². The van der Waals surface area contributed by atoms with Gasteiger partial charge in [-0.3, -0.25) is 0 Å². The number of hydrogen-bond acceptors (Lipinski definition) is 2. The van der Waals surface area contributed by atoms with Crippen molar-refractivity contribution in [3.63, 3.8) is 0 Å². The molecule has 4 nitrogen and oxygen atoms in total. The summed E-state index contributed by atoms with van der Waals surface area (Å²) in [4.78, 5) is 11.0. The lowest BCUT2D eigenvalue weighted by Gasteiger charge is -2.34. The van der Waals surface area contributed by atoms with Crippen molar-refractivity contribution < 1.29 is 9.18 Å². The van der Waals surface area contributed by atoms with Crippen molar-refractivity contribution in [3.05, 3.63) is 0 Å². The maximum atomic E-state index is 13.3. The van der Waals surface area contributed by atoms with E-state index in [1.807, 2.05) is 13.8 Å². The molecule has 0 radical (unpaired) electrons. The lowest BCUT2D eigenvalue weighted by atomic mass is 10.00. The van der Waals surface area contributed by atoms with Crippen molar-refractivity contribution in [1.82, 2.24) is 16.0 Å². The Kier molecular flexibility index (Phi) is 3.08. The molecule has 0 bridgehead atoms. The van der Waals surface area contributed by atoms with Gasteiger partial charge in [0.25, 0.3) is 0 Å². The summed E-state index contributed by atoms with van der Waals surface area (Å²) in [6, 6.07) is -0.228. The maximum Gasteiger partial charge on any atom is 0.315 e. The molecule has 5 heteroatoms. The molecular formula is C8H16FN3O. The highest BCUT2D eigenvalue weighted by molar-refractivity contribution is 5.74. The number of carbonyl (C=O) groups is 1. The van der Waals surface area contributed by atoms with Gasteiger partial charge >= 0.3 is 6.03 Å². The molecule has 2 amide bonds. The van der Waals surface area contributed by atoms with Gasteiger partial charge in [0.05, 0.1) is 6.54 Å². The highest BCUT2D eigenvalue weighted by Crippen LogP contribution is 2.14. The van der Waals surface area contributed by atoms with E-state index in [0.717, 1.165) is 0 Å². The van der Waals surface area contributed by atoms with E-state index in [0.29, 0.717) is 13.1 Å². The van der Waals surface area contributed by atoms with Gasteiger partial charge in [0, 0.05) is 19.1 Å². The lowest BCUT2D eigenvalue weighted by Crippen LogP contribution is -2.62. The minimum Gasteiger partial charge on any atom is -0.336 e. The smallest absolute Gasteiger partial charge is 0.315 e. The zero-order chi connectivity index (χ0) is 9.90. The molecule has 13 heavy (non-hydrogen) atoms. The average molecular weight is 189 g/mol. The van der Waals surface area contributed by atoms with Gasteiger partial charge in [-0.15, -0.1) is 0 Å². The Labute approximate surface area is 77.3 Å². The Bertz CT molecular complexity index is 192. The monoisotopic (exact) mass is 189 g/mol. The van der Waals surface area contributed by atoms with E-state index in [4.69, 9.17) is 0 Å². The number of hydrogen-bond donors (Lipinski definition) is 3. The highest BCUT2D eigenvalue weighted by Gasteiger charge is 2.36. The van der Waals surface area contributed by atoms with Gasteiger partial charge in [0.15, 0.2) is 5.67 Å². The summed E-state index contributed by atoms with van der Waals surface area (Å²) >= 11 is 0. The van der Waals surface area contributed by atoms with E-state index in [-0.39, 0.29) is 18.6 Å². The van der Waals surface area contributed by atoms with E-state index < -0.39 is 5.67 Å². The van der Waals surface area contributed by atoms with Crippen LogP contribution in [-0.4, -0.2) is 37.4 Å². The van der Waals surface area contributed by atoms with Crippen LogP contribution in [0.25, 0.3) is 0 Å². The molecule has 76 valence electrons. The first kappa shape index (κ1) is 10.2. The van der Waals surface area contributed by atoms with Gasteiger partial charge in [-0.2, -0.15) is 0 Å². The van der Waals surface area contributed by atoms with Crippen molar-refractivity contribution in [2.75, 3.05) is 19.6 Å². The fourth-order valence-electron chi connectivity index (χ4n) is 1.07. The van der Waals surface area contributed by atoms with Crippen molar-refractivity contribution in [1.29, 1.82) is 0 Å². The number of alkyl halides is 1. The van der Waals surface area contributed by atoms with Crippen molar-refractivity contribution >= 4 is 6.03 Å². The van der Waals surface area contributed by atoms with Crippen molar-refractivity contribution in [2.24, 2.45) is 0 Å². The van der Waals surface area contributed by atoms with E-state index in [1.54, 1.807) is 0 Å². The predicted octanol–water partition coefficient (Wildman–Crippen LogP) is 0.00550. The summed E-state index contributed by atoms with van der Waals surface area (Å²) in [6.45, 7) is 4.45. The van der Waals surface area contributed by atoms with E-state index >= 15 is 0 Å². The van der Waals surface area contributed by atoms with Gasteiger partial charge in [0.2, 0.25) is 0 Å². The Morgan fingerprint density at radius 2 is 2.23 bits per heavy atom. The molecule has 3 N–H and O–H groups in total. The van der Waals surface area contributed by atoms with Gasteiger partial charge in [-0.25, -0.2) is 9.18 Å². The molecule has 0 aliphatic carbocycles. The third-order valence-electron chi connectivity index (χ3n) is 1.87. The first-order valence-electron chi connectivity index (χ1n) is 4.46. The lowest BCUT2D eigenvalue weighted by molar-refractivity contribution is 0.0918. The SMILES string of the molecule is CC(C)NC(=O)NCC1(F)CNC1. The second kappa shape index (κ2) is 3.91. The predicted molar refractivity (Wildman–Crippen MR) is 48.4 cm³/mol. The zero-order valence-corrected chi connectivity index (χ0v) is 7.98. The summed E-state index contributed by atoms with van der Waals surface area (Å²) in [5.74, 6) is 0. The fraction of sp³-hybridized carbons (Fsp3) is 0.875. The average Bonchev–Trinajstić information content (AvgIpc) is 1.96. The molecule has 0 atom stereocenters. The minimum absolute atomic E-state index is 0.0788. The standard InChI is InChI=1S/C8H16FN3O/c1-6(2)12-7(13)11-5-8(9)3-10-4-8/h6,10H,3-5H2,1-2H3,(H2,11,12,13). The third-order valence-corrected chi connectivity index (χ3v) is 1.87. The van der Waals surface area contributed by atoms with Crippen LogP contribution in [0.5, 0.6) is 0 Å². The largest absolute Gasteiger partial charge is 0.336 e. The second-order valence-corrected chi connectivity index (χ2v) is 3.74. The van der Waals surface area contributed by atoms with Crippen molar-refractivity contribution in [2.45, 2.75) is 25.6 Å². The van der Waals surface area contributed by atoms with Crippen LogP contribution in [-0.2, 0) is 0 Å². The van der Waals surface area contributed by atoms with E-state index in [9.17, 15) is 9.18 Å². The number of halogens is 1. The molecule has 0 unspecified atom stereocenters. The number of urea groups is 1. The first-order chi connectivity index (χ1) is 6.02. The Balaban J connectivity index is 2.14. The normalized spacial score (nSPS) is 19.4. The van der Waals surface area contributed by atoms with E-state index in [1.165, 1.54) is 0 Å². The topological polar surface area (TPSA) is 53.2 Å². The Morgan fingerprint density at radius 3 is 2.62 bits per heavy atom. The van der Waals surface area contributed by atoms with Crippen LogP contribution in [0, 0.1) is 0 Å². The fourth-order valence-corrected chi connectivity index (χ4v) is 1.07. The molecule has 1 aliphatic rings. The molecular weight excluding hydrogens is 173 g/mol. The minimum atomic E-state index is -1.24. The van der Waals surface area contributed by atoms with Crippen LogP contribution in [0.2, 0.25) is 0 Å². The molecule has 0 spiro atoms. The molecule has 1 fully saturated rings. The Hall–Kier alpha value is -0.840. The molecule has 0 saturated carbocycles. The molecule has 1 aliphatic heterocycles. The molecule has 0 aromatic heterocycles. The third kappa shape index (κ3) is 3.18. The van der Waals surface area contributed by atoms with Gasteiger partial charge < -0.3 is 16.0 Å². The van der Waals surface area contributed by atoms with Crippen LogP contribution in [0.3, 0.4) is 0 Å². The summed E-state index contributed by atoms with van der Waals surface area (Å²) in [6.07, 6.45) is 0. The quantitative estimate of drug-likeness (QED) is 0.585. The number of rotatable bonds is 3. The highest BCUT2D eigenvalue weighted by atomic mass is 19.1.